The van der Waals surface area contributed by atoms with Crippen molar-refractivity contribution in [1.29, 1.82) is 0 Å². The number of hydrogen-bond acceptors (Lipinski definition) is 3. The van der Waals surface area contributed by atoms with Crippen LogP contribution in [0.15, 0.2) is 0 Å². The molecule has 1 unspecified atom stereocenters. The highest BCUT2D eigenvalue weighted by molar-refractivity contribution is 9.25. The summed E-state index contributed by atoms with van der Waals surface area (Å²) in [7, 11) is -4.02. The molecular weight excluding hydrogens is 398 g/mol. The minimum Gasteiger partial charge on any atom is -0.302 e. The molecule has 0 aliphatic rings. The molecular formula is C6H11Br2Cl2O4P. The summed E-state index contributed by atoms with van der Waals surface area (Å²) in [6, 6.07) is 0. The van der Waals surface area contributed by atoms with Crippen LogP contribution in [-0.4, -0.2) is 26.2 Å². The first-order valence-corrected chi connectivity index (χ1v) is 7.86. The van der Waals surface area contributed by atoms with Gasteiger partial charge in [-0.15, -0.1) is 23.2 Å². The molecule has 0 fully saturated rings. The van der Waals surface area contributed by atoms with Gasteiger partial charge in [-0.2, -0.15) is 0 Å². The molecule has 0 rings (SSSR count). The fourth-order valence-electron chi connectivity index (χ4n) is 0.489. The van der Waals surface area contributed by atoms with Gasteiger partial charge in [0.2, 0.25) is 0 Å². The molecule has 92 valence electrons. The zero-order valence-electron chi connectivity index (χ0n) is 7.83. The molecule has 0 spiro atoms. The third kappa shape index (κ3) is 11.9. The molecule has 0 bridgehead atoms. The number of hydrogen-bond donors (Lipinski definition) is 1. The van der Waals surface area contributed by atoms with Crippen molar-refractivity contribution in [2.75, 3.05) is 13.2 Å². The second-order valence-electron chi connectivity index (χ2n) is 2.83. The SMILES string of the molecule is CC(Br)(Br)COP(=O)(O)OCCC(Cl)Cl. The second-order valence-corrected chi connectivity index (χ2v) is 10.1. The largest absolute Gasteiger partial charge is 0.472 e. The maximum absolute atomic E-state index is 11.2. The molecule has 0 heterocycles. The Labute approximate surface area is 115 Å². The minimum absolute atomic E-state index is 0.0219. The normalized spacial score (nSPS) is 16.7. The molecule has 0 amide bonds. The maximum Gasteiger partial charge on any atom is 0.472 e. The predicted octanol–water partition coefficient (Wildman–Crippen LogP) is 3.82. The highest BCUT2D eigenvalue weighted by Crippen LogP contribution is 2.45. The van der Waals surface area contributed by atoms with Crippen molar-refractivity contribution in [1.82, 2.24) is 0 Å². The van der Waals surface area contributed by atoms with Gasteiger partial charge in [0, 0.05) is 6.42 Å². The standard InChI is InChI=1S/C6H11Br2Cl2O4P/c1-6(7,8)4-14-15(11,12)13-3-2-5(9)10/h5H,2-4H2,1H3,(H,11,12). The van der Waals surface area contributed by atoms with E-state index < -0.39 is 15.9 Å². The average molecular weight is 409 g/mol. The van der Waals surface area contributed by atoms with Crippen molar-refractivity contribution in [2.24, 2.45) is 0 Å². The fourth-order valence-corrected chi connectivity index (χ4v) is 2.08. The van der Waals surface area contributed by atoms with Gasteiger partial charge >= 0.3 is 7.82 Å². The van der Waals surface area contributed by atoms with E-state index in [4.69, 9.17) is 23.2 Å². The molecule has 0 aromatic rings. The summed E-state index contributed by atoms with van der Waals surface area (Å²) in [4.78, 5) is 8.55. The Morgan fingerprint density at radius 3 is 2.40 bits per heavy atom. The van der Waals surface area contributed by atoms with Crippen LogP contribution in [-0.2, 0) is 13.6 Å². The summed E-state index contributed by atoms with van der Waals surface area (Å²) in [6.07, 6.45) is 0.261. The summed E-state index contributed by atoms with van der Waals surface area (Å²) in [5.74, 6) is 0. The van der Waals surface area contributed by atoms with Crippen LogP contribution in [0.3, 0.4) is 0 Å². The number of phosphoric ester groups is 1. The monoisotopic (exact) mass is 406 g/mol. The summed E-state index contributed by atoms with van der Waals surface area (Å²) in [6.45, 7) is 1.67. The first-order chi connectivity index (χ1) is 6.62. The van der Waals surface area contributed by atoms with Gasteiger partial charge in [0.25, 0.3) is 0 Å². The molecule has 0 aliphatic heterocycles. The van der Waals surface area contributed by atoms with E-state index in [9.17, 15) is 9.46 Å². The van der Waals surface area contributed by atoms with Crippen molar-refractivity contribution >= 4 is 62.9 Å². The Morgan fingerprint density at radius 2 is 2.00 bits per heavy atom. The Bertz CT molecular complexity index is 234. The van der Waals surface area contributed by atoms with E-state index >= 15 is 0 Å². The lowest BCUT2D eigenvalue weighted by atomic mass is 10.5. The van der Waals surface area contributed by atoms with Crippen LogP contribution in [0.4, 0.5) is 0 Å². The van der Waals surface area contributed by atoms with Gasteiger partial charge in [0.15, 0.2) is 0 Å². The highest BCUT2D eigenvalue weighted by Gasteiger charge is 2.26. The van der Waals surface area contributed by atoms with Crippen LogP contribution >= 0.6 is 62.9 Å². The highest BCUT2D eigenvalue weighted by atomic mass is 79.9. The molecule has 1 atom stereocenters. The van der Waals surface area contributed by atoms with Gasteiger partial charge in [-0.1, -0.05) is 31.9 Å². The van der Waals surface area contributed by atoms with Crippen LogP contribution in [0.1, 0.15) is 13.3 Å². The first kappa shape index (κ1) is 16.6. The zero-order chi connectivity index (χ0) is 12.1. The lowest BCUT2D eigenvalue weighted by Gasteiger charge is -2.17. The molecule has 0 radical (unpaired) electrons. The number of alkyl halides is 4. The van der Waals surface area contributed by atoms with E-state index in [1.165, 1.54) is 0 Å². The molecule has 15 heavy (non-hydrogen) atoms. The molecule has 0 saturated carbocycles. The summed E-state index contributed by atoms with van der Waals surface area (Å²) < 4.78 is 20.0. The number of halogens is 4. The van der Waals surface area contributed by atoms with E-state index in [0.29, 0.717) is 0 Å². The van der Waals surface area contributed by atoms with Gasteiger partial charge < -0.3 is 4.89 Å². The van der Waals surface area contributed by atoms with E-state index in [1.807, 2.05) is 0 Å². The molecule has 0 aliphatic carbocycles. The fraction of sp³-hybridized carbons (Fsp3) is 1.00. The second kappa shape index (κ2) is 7.17. The summed E-state index contributed by atoms with van der Waals surface area (Å²) in [5, 5.41) is 0. The third-order valence-corrected chi connectivity index (χ3v) is 2.93. The molecule has 1 N–H and O–H groups in total. The molecule has 9 heteroatoms. The van der Waals surface area contributed by atoms with E-state index in [2.05, 4.69) is 40.9 Å². The lowest BCUT2D eigenvalue weighted by molar-refractivity contribution is 0.149. The molecule has 0 aromatic carbocycles. The Morgan fingerprint density at radius 1 is 1.47 bits per heavy atom. The first-order valence-electron chi connectivity index (χ1n) is 3.90. The van der Waals surface area contributed by atoms with Crippen molar-refractivity contribution in [3.63, 3.8) is 0 Å². The van der Waals surface area contributed by atoms with Gasteiger partial charge in [0.05, 0.1) is 13.2 Å². The molecule has 0 saturated heterocycles. The number of phosphoric acid groups is 1. The Kier molecular flexibility index (Phi) is 7.95. The van der Waals surface area contributed by atoms with Crippen molar-refractivity contribution in [2.45, 2.75) is 21.4 Å². The van der Waals surface area contributed by atoms with Crippen molar-refractivity contribution < 1.29 is 18.5 Å². The van der Waals surface area contributed by atoms with Crippen molar-refractivity contribution in [3.8, 4) is 0 Å². The number of rotatable bonds is 7. The van der Waals surface area contributed by atoms with Crippen LogP contribution in [0, 0.1) is 0 Å². The Hall–Kier alpha value is 1.65. The van der Waals surface area contributed by atoms with Gasteiger partial charge in [-0.3, -0.25) is 9.05 Å². The van der Waals surface area contributed by atoms with E-state index in [1.54, 1.807) is 6.92 Å². The molecule has 0 aromatic heterocycles. The predicted molar refractivity (Wildman–Crippen MR) is 68.1 cm³/mol. The van der Waals surface area contributed by atoms with Crippen LogP contribution in [0.2, 0.25) is 0 Å². The summed E-state index contributed by atoms with van der Waals surface area (Å²) in [5.41, 5.74) is 0. The van der Waals surface area contributed by atoms with Gasteiger partial charge in [-0.05, 0) is 6.92 Å². The van der Waals surface area contributed by atoms with Crippen LogP contribution < -0.4 is 0 Å². The molecule has 4 nitrogen and oxygen atoms in total. The minimum atomic E-state index is -4.02. The van der Waals surface area contributed by atoms with Gasteiger partial charge in [0.1, 0.15) is 8.07 Å². The lowest BCUT2D eigenvalue weighted by Crippen LogP contribution is -2.14. The average Bonchev–Trinajstić information content (AvgIpc) is 1.99. The van der Waals surface area contributed by atoms with Crippen LogP contribution in [0.5, 0.6) is 0 Å². The van der Waals surface area contributed by atoms with E-state index in [-0.39, 0.29) is 19.6 Å². The van der Waals surface area contributed by atoms with Crippen LogP contribution in [0.25, 0.3) is 0 Å². The quantitative estimate of drug-likeness (QED) is 0.514. The van der Waals surface area contributed by atoms with Crippen molar-refractivity contribution in [3.05, 3.63) is 0 Å². The maximum atomic E-state index is 11.2. The Balaban J connectivity index is 3.82. The van der Waals surface area contributed by atoms with Gasteiger partial charge in [-0.25, -0.2) is 4.57 Å². The zero-order valence-corrected chi connectivity index (χ0v) is 13.4. The summed E-state index contributed by atoms with van der Waals surface area (Å²) >= 11 is 17.2. The topological polar surface area (TPSA) is 55.8 Å². The third-order valence-electron chi connectivity index (χ3n) is 1.07. The van der Waals surface area contributed by atoms with E-state index in [0.717, 1.165) is 0 Å². The smallest absolute Gasteiger partial charge is 0.302 e.